The number of rotatable bonds is 16. The van der Waals surface area contributed by atoms with Crippen LogP contribution in [-0.2, 0) is 33.8 Å². The van der Waals surface area contributed by atoms with Gasteiger partial charge in [-0.15, -0.1) is 0 Å². The number of hydrogen-bond donors (Lipinski definition) is 4. The van der Waals surface area contributed by atoms with Crippen LogP contribution in [0.25, 0.3) is 11.3 Å². The number of nitrogens with one attached hydrogen (secondary N) is 3. The molecule has 20 heteroatoms. The average Bonchev–Trinajstić information content (AvgIpc) is 3.81. The van der Waals surface area contributed by atoms with Crippen LogP contribution in [0.3, 0.4) is 0 Å². The quantitative estimate of drug-likeness (QED) is 0.0849. The van der Waals surface area contributed by atoms with Gasteiger partial charge in [-0.3, -0.25) is 14.4 Å². The van der Waals surface area contributed by atoms with Crippen LogP contribution in [-0.4, -0.2) is 126 Å². The van der Waals surface area contributed by atoms with E-state index in [4.69, 9.17) is 9.72 Å². The minimum atomic E-state index is -4.98. The number of piperazine rings is 1. The monoisotopic (exact) mass is 928 g/mol. The maximum absolute atomic E-state index is 15.2. The molecule has 0 spiro atoms. The second-order valence-corrected chi connectivity index (χ2v) is 17.3. The van der Waals surface area contributed by atoms with E-state index in [2.05, 4.69) is 42.1 Å². The van der Waals surface area contributed by atoms with E-state index < -0.39 is 85.0 Å². The van der Waals surface area contributed by atoms with Crippen molar-refractivity contribution in [2.45, 2.75) is 95.1 Å². The number of methoxy groups -OCH3 is 1. The topological polar surface area (TPSA) is 146 Å². The highest BCUT2D eigenvalue weighted by molar-refractivity contribution is 5.87. The van der Waals surface area contributed by atoms with Crippen LogP contribution < -0.4 is 20.9 Å². The van der Waals surface area contributed by atoms with Gasteiger partial charge in [0.05, 0.1) is 49.6 Å². The Morgan fingerprint density at radius 2 is 1.59 bits per heavy atom. The summed E-state index contributed by atoms with van der Waals surface area (Å²) in [5.41, 5.74) is -1.34. The first-order valence-corrected chi connectivity index (χ1v) is 21.5. The highest BCUT2D eigenvalue weighted by Crippen LogP contribution is 2.41. The Labute approximate surface area is 377 Å². The normalized spacial score (nSPS) is 19.1. The molecule has 13 nitrogen and oxygen atoms in total. The molecule has 0 radical (unpaired) electrons. The van der Waals surface area contributed by atoms with E-state index in [0.717, 1.165) is 82.7 Å². The van der Waals surface area contributed by atoms with Crippen LogP contribution in [0.2, 0.25) is 0 Å². The van der Waals surface area contributed by atoms with Gasteiger partial charge in [0, 0.05) is 72.9 Å². The van der Waals surface area contributed by atoms with Crippen molar-refractivity contribution in [1.82, 2.24) is 35.6 Å². The lowest BCUT2D eigenvalue weighted by Crippen LogP contribution is -2.62. The highest BCUT2D eigenvalue weighted by atomic mass is 19.4. The molecular formula is C46H51F7N8O5. The Morgan fingerprint density at radius 1 is 0.939 bits per heavy atom. The molecule has 2 amide bonds. The molecule has 7 rings (SSSR count). The van der Waals surface area contributed by atoms with E-state index in [0.29, 0.717) is 34.8 Å². The Balaban J connectivity index is 1.02. The first-order chi connectivity index (χ1) is 31.4. The number of pyridine rings is 1. The zero-order valence-corrected chi connectivity index (χ0v) is 36.4. The van der Waals surface area contributed by atoms with Crippen LogP contribution >= 0.6 is 0 Å². The van der Waals surface area contributed by atoms with E-state index in [9.17, 15) is 36.6 Å². The van der Waals surface area contributed by atoms with Gasteiger partial charge in [-0.2, -0.15) is 18.3 Å². The van der Waals surface area contributed by atoms with E-state index in [1.54, 1.807) is 30.5 Å². The largest absolute Gasteiger partial charge is 0.453 e. The fraction of sp³-hybridized carbons (Fsp3) is 0.478. The molecule has 0 saturated carbocycles. The molecule has 0 aliphatic carbocycles. The summed E-state index contributed by atoms with van der Waals surface area (Å²) in [4.78, 5) is 35.5. The van der Waals surface area contributed by atoms with E-state index in [1.807, 2.05) is 17.4 Å². The summed E-state index contributed by atoms with van der Waals surface area (Å²) >= 11 is 0. The highest BCUT2D eigenvalue weighted by Gasteiger charge is 2.56. The molecule has 3 aliphatic rings. The lowest BCUT2D eigenvalue weighted by atomic mass is 9.82. The second kappa shape index (κ2) is 20.4. The van der Waals surface area contributed by atoms with E-state index in [-0.39, 0.29) is 17.7 Å². The van der Waals surface area contributed by atoms with Gasteiger partial charge >= 0.3 is 12.3 Å². The summed E-state index contributed by atoms with van der Waals surface area (Å²) in [6.45, 7) is 3.29. The molecule has 5 atom stereocenters. The van der Waals surface area contributed by atoms with Crippen LogP contribution in [0.5, 0.6) is 0 Å². The van der Waals surface area contributed by atoms with Crippen molar-refractivity contribution >= 4 is 17.8 Å². The standard InChI is InChI=1S/C46H51F7N8O5/c1-45(2,46(51,52)53)42(57-44(64)65-3)43(63)56-38(39(62)21-54-20-34-35(47)17-30(18-36(34)48)37-14-15-60(58-37)24-40(49)50)16-28-7-4-27(5-8-28)6-9-29-10-13-41(55-19-29)59-22-31-11-12-32(23-59)61(31)33-25-66-26-33/h4-5,7-8,10,13-15,17-19,31-33,38-40,42,54,62H,11-12,16,20-26H2,1-3H3,(H,56,63)(H,57,64)/t31?,32?,38-,39-,42?/m0/s1. The summed E-state index contributed by atoms with van der Waals surface area (Å²) in [6.07, 6.45) is -5.35. The van der Waals surface area contributed by atoms with Crippen molar-refractivity contribution < 1.29 is 54.9 Å². The number of benzene rings is 2. The van der Waals surface area contributed by atoms with Gasteiger partial charge in [0.25, 0.3) is 6.43 Å². The predicted molar refractivity (Wildman–Crippen MR) is 228 cm³/mol. The van der Waals surface area contributed by atoms with Gasteiger partial charge in [-0.25, -0.2) is 27.3 Å². The first-order valence-electron chi connectivity index (χ1n) is 21.5. The number of hydrogen-bond acceptors (Lipinski definition) is 10. The molecule has 2 aromatic heterocycles. The number of carbonyl (C=O) groups excluding carboxylic acids is 2. The van der Waals surface area contributed by atoms with Gasteiger partial charge in [-0.1, -0.05) is 24.0 Å². The van der Waals surface area contributed by atoms with Crippen molar-refractivity contribution in [3.63, 3.8) is 0 Å². The summed E-state index contributed by atoms with van der Waals surface area (Å²) in [7, 11) is 0.923. The zero-order valence-electron chi connectivity index (χ0n) is 36.4. The van der Waals surface area contributed by atoms with Crippen LogP contribution in [0, 0.1) is 28.9 Å². The number of alkyl halides is 5. The minimum Gasteiger partial charge on any atom is -0.453 e. The van der Waals surface area contributed by atoms with Gasteiger partial charge in [0.1, 0.15) is 30.0 Å². The maximum atomic E-state index is 15.2. The molecule has 3 saturated heterocycles. The number of aromatic nitrogens is 3. The second-order valence-electron chi connectivity index (χ2n) is 17.3. The third kappa shape index (κ3) is 11.3. The van der Waals surface area contributed by atoms with Crippen molar-refractivity contribution in [2.24, 2.45) is 5.41 Å². The third-order valence-corrected chi connectivity index (χ3v) is 12.4. The average molecular weight is 929 g/mol. The number of aliphatic hydroxyl groups excluding tert-OH is 1. The number of anilines is 1. The van der Waals surface area contributed by atoms with Crippen LogP contribution in [0.4, 0.5) is 41.3 Å². The van der Waals surface area contributed by atoms with Crippen molar-refractivity contribution in [2.75, 3.05) is 44.9 Å². The lowest BCUT2D eigenvalue weighted by molar-refractivity contribution is -0.220. The molecular weight excluding hydrogens is 878 g/mol. The maximum Gasteiger partial charge on any atom is 0.407 e. The fourth-order valence-corrected chi connectivity index (χ4v) is 8.51. The molecule has 3 unspecified atom stereocenters. The number of fused-ring (bicyclic) bond motifs is 2. The number of amides is 2. The van der Waals surface area contributed by atoms with Crippen LogP contribution in [0.1, 0.15) is 48.9 Å². The zero-order chi connectivity index (χ0) is 47.3. The van der Waals surface area contributed by atoms with Crippen molar-refractivity contribution in [1.29, 1.82) is 0 Å². The first kappa shape index (κ1) is 48.2. The van der Waals surface area contributed by atoms with Gasteiger partial charge in [0.2, 0.25) is 5.91 Å². The Kier molecular flexibility index (Phi) is 14.9. The Morgan fingerprint density at radius 3 is 2.17 bits per heavy atom. The number of aliphatic hydroxyl groups is 1. The smallest absolute Gasteiger partial charge is 0.407 e. The summed E-state index contributed by atoms with van der Waals surface area (Å²) in [5, 5.41) is 22.5. The number of nitrogens with zero attached hydrogens (tertiary/aromatic N) is 5. The summed E-state index contributed by atoms with van der Waals surface area (Å²) in [6, 6.07) is 11.9. The van der Waals surface area contributed by atoms with Gasteiger partial charge in [0.15, 0.2) is 0 Å². The van der Waals surface area contributed by atoms with E-state index >= 15 is 8.78 Å². The number of alkyl carbamates (subject to hydrolysis) is 1. The molecule has 4 aromatic rings. The molecule has 3 fully saturated rings. The van der Waals surface area contributed by atoms with Crippen molar-refractivity contribution in [3.05, 3.63) is 101 Å². The molecule has 2 aromatic carbocycles. The molecule has 66 heavy (non-hydrogen) atoms. The van der Waals surface area contributed by atoms with Gasteiger partial charge in [-0.05, 0) is 81.1 Å². The molecule has 354 valence electrons. The Hall–Kier alpha value is -5.75. The lowest BCUT2D eigenvalue weighted by Gasteiger charge is -2.47. The van der Waals surface area contributed by atoms with Crippen LogP contribution in [0.15, 0.2) is 67.0 Å². The van der Waals surface area contributed by atoms with Gasteiger partial charge < -0.3 is 35.4 Å². The summed E-state index contributed by atoms with van der Waals surface area (Å²) in [5.74, 6) is 3.81. The molecule has 5 heterocycles. The molecule has 4 N–H and O–H groups in total. The van der Waals surface area contributed by atoms with Crippen molar-refractivity contribution in [3.8, 4) is 23.1 Å². The summed E-state index contributed by atoms with van der Waals surface area (Å²) < 4.78 is 110. The fourth-order valence-electron chi connectivity index (χ4n) is 8.51. The number of halogens is 7. The Bertz CT molecular complexity index is 2350. The number of ether oxygens (including phenoxy) is 2. The van der Waals surface area contributed by atoms with E-state index in [1.165, 1.54) is 12.3 Å². The number of carbonyl (C=O) groups is 2. The minimum absolute atomic E-state index is 0.00358. The molecule has 2 bridgehead atoms. The molecule has 3 aliphatic heterocycles. The SMILES string of the molecule is COC(=O)NC(C(=O)N[C@@H](Cc1ccc(C#Cc2ccc(N3CC4CCC(C3)N4C3COC3)nc2)cc1)[C@@H](O)CNCc1c(F)cc(-c2ccn(CC(F)F)n2)cc1F)C(C)(C)C(F)(F)F. The predicted octanol–water partition coefficient (Wildman–Crippen LogP) is 5.43. The third-order valence-electron chi connectivity index (χ3n) is 12.4.